The summed E-state index contributed by atoms with van der Waals surface area (Å²) < 4.78 is 0. The number of hydrogen-bond donors (Lipinski definition) is 1. The van der Waals surface area contributed by atoms with Gasteiger partial charge in [-0.05, 0) is 25.0 Å². The van der Waals surface area contributed by atoms with Crippen LogP contribution in [0.25, 0.3) is 0 Å². The molecule has 0 aliphatic rings. The second-order valence-electron chi connectivity index (χ2n) is 2.54. The highest BCUT2D eigenvalue weighted by atomic mass is 35.5. The molecule has 1 heterocycles. The number of hydrogen-bond acceptors (Lipinski definition) is 2. The molecule has 0 saturated carbocycles. The van der Waals surface area contributed by atoms with Gasteiger partial charge in [-0.1, -0.05) is 11.6 Å². The normalized spacial score (nSPS) is 9.92. The van der Waals surface area contributed by atoms with Gasteiger partial charge in [-0.2, -0.15) is 0 Å². The van der Waals surface area contributed by atoms with Crippen LogP contribution in [0.3, 0.4) is 0 Å². The molecule has 1 aromatic heterocycles. The summed E-state index contributed by atoms with van der Waals surface area (Å²) in [7, 11) is 0. The van der Waals surface area contributed by atoms with Crippen molar-refractivity contribution < 1.29 is 9.90 Å². The molecule has 1 aromatic rings. The average molecular weight is 186 g/mol. The number of rotatable bonds is 1. The monoisotopic (exact) mass is 185 g/mol. The van der Waals surface area contributed by atoms with Crippen molar-refractivity contribution in [2.75, 3.05) is 0 Å². The summed E-state index contributed by atoms with van der Waals surface area (Å²) in [5.41, 5.74) is 1.59. The van der Waals surface area contributed by atoms with Crippen LogP contribution in [0.15, 0.2) is 6.20 Å². The first-order valence-electron chi connectivity index (χ1n) is 3.39. The van der Waals surface area contributed by atoms with Crippen molar-refractivity contribution in [3.8, 4) is 0 Å². The molecule has 0 fully saturated rings. The maximum Gasteiger partial charge on any atom is 0.339 e. The summed E-state index contributed by atoms with van der Waals surface area (Å²) in [6.07, 6.45) is 1.56. The summed E-state index contributed by atoms with van der Waals surface area (Å²) in [5, 5.41) is 8.79. The number of aromatic nitrogens is 1. The Morgan fingerprint density at radius 2 is 2.17 bits per heavy atom. The smallest absolute Gasteiger partial charge is 0.339 e. The van der Waals surface area contributed by atoms with Crippen molar-refractivity contribution in [3.63, 3.8) is 0 Å². The zero-order chi connectivity index (χ0) is 9.30. The molecule has 3 nitrogen and oxygen atoms in total. The van der Waals surface area contributed by atoms with Crippen LogP contribution in [0, 0.1) is 13.8 Å². The molecule has 0 spiro atoms. The zero-order valence-electron chi connectivity index (χ0n) is 6.76. The number of aromatic carboxylic acids is 1. The largest absolute Gasteiger partial charge is 0.478 e. The number of carboxylic acids is 1. The highest BCUT2D eigenvalue weighted by Crippen LogP contribution is 2.19. The lowest BCUT2D eigenvalue weighted by Gasteiger charge is -2.04. The first-order chi connectivity index (χ1) is 5.54. The van der Waals surface area contributed by atoms with Gasteiger partial charge in [-0.25, -0.2) is 9.78 Å². The number of nitrogens with zero attached hydrogens (tertiary/aromatic N) is 1. The SMILES string of the molecule is Cc1cnc(Cl)c(C(=O)O)c1C. The van der Waals surface area contributed by atoms with E-state index in [-0.39, 0.29) is 10.7 Å². The topological polar surface area (TPSA) is 50.2 Å². The molecule has 0 bridgehead atoms. The molecule has 4 heteroatoms. The minimum Gasteiger partial charge on any atom is -0.478 e. The van der Waals surface area contributed by atoms with Gasteiger partial charge in [-0.3, -0.25) is 0 Å². The molecule has 0 unspecified atom stereocenters. The maximum atomic E-state index is 10.7. The van der Waals surface area contributed by atoms with E-state index in [1.54, 1.807) is 20.0 Å². The average Bonchev–Trinajstić information content (AvgIpc) is 1.97. The van der Waals surface area contributed by atoms with Crippen LogP contribution in [0.5, 0.6) is 0 Å². The Bertz CT molecular complexity index is 336. The van der Waals surface area contributed by atoms with Gasteiger partial charge in [0.2, 0.25) is 0 Å². The predicted molar refractivity (Wildman–Crippen MR) is 45.7 cm³/mol. The molecule has 1 N–H and O–H groups in total. The minimum absolute atomic E-state index is 0.0469. The molecule has 12 heavy (non-hydrogen) atoms. The fourth-order valence-electron chi connectivity index (χ4n) is 0.915. The minimum atomic E-state index is -1.03. The first-order valence-corrected chi connectivity index (χ1v) is 3.77. The van der Waals surface area contributed by atoms with Crippen molar-refractivity contribution in [1.29, 1.82) is 0 Å². The van der Waals surface area contributed by atoms with Crippen LogP contribution in [0.4, 0.5) is 0 Å². The van der Waals surface area contributed by atoms with Crippen molar-refractivity contribution in [2.45, 2.75) is 13.8 Å². The number of pyridine rings is 1. The Morgan fingerprint density at radius 3 is 2.58 bits per heavy atom. The Labute approximate surface area is 75.0 Å². The molecule has 1 rings (SSSR count). The number of carboxylic acid groups (broad SMARTS) is 1. The third-order valence-electron chi connectivity index (χ3n) is 1.76. The summed E-state index contributed by atoms with van der Waals surface area (Å²) in [4.78, 5) is 14.4. The molecule has 0 atom stereocenters. The van der Waals surface area contributed by atoms with E-state index in [0.717, 1.165) is 5.56 Å². The molecule has 0 aromatic carbocycles. The van der Waals surface area contributed by atoms with Gasteiger partial charge >= 0.3 is 5.97 Å². The van der Waals surface area contributed by atoms with Crippen LogP contribution in [-0.4, -0.2) is 16.1 Å². The van der Waals surface area contributed by atoms with E-state index in [1.165, 1.54) is 0 Å². The number of carbonyl (C=O) groups is 1. The van der Waals surface area contributed by atoms with Gasteiger partial charge in [0, 0.05) is 6.20 Å². The number of aryl methyl sites for hydroxylation is 1. The van der Waals surface area contributed by atoms with Crippen molar-refractivity contribution in [2.24, 2.45) is 0 Å². The predicted octanol–water partition coefficient (Wildman–Crippen LogP) is 2.05. The highest BCUT2D eigenvalue weighted by Gasteiger charge is 2.14. The molecular weight excluding hydrogens is 178 g/mol. The summed E-state index contributed by atoms with van der Waals surface area (Å²) in [6.45, 7) is 3.51. The van der Waals surface area contributed by atoms with Gasteiger partial charge in [0.05, 0.1) is 5.56 Å². The lowest BCUT2D eigenvalue weighted by Crippen LogP contribution is -2.03. The molecule has 0 amide bonds. The number of halogens is 1. The van der Waals surface area contributed by atoms with E-state index in [0.29, 0.717) is 5.56 Å². The first kappa shape index (κ1) is 9.00. The molecular formula is C8H8ClNO2. The maximum absolute atomic E-state index is 10.7. The van der Waals surface area contributed by atoms with E-state index < -0.39 is 5.97 Å². The fraction of sp³-hybridized carbons (Fsp3) is 0.250. The summed E-state index contributed by atoms with van der Waals surface area (Å²) in [6, 6.07) is 0. The molecule has 0 aliphatic heterocycles. The molecule has 0 aliphatic carbocycles. The van der Waals surface area contributed by atoms with Gasteiger partial charge in [0.15, 0.2) is 0 Å². The molecule has 0 saturated heterocycles. The molecule has 0 radical (unpaired) electrons. The van der Waals surface area contributed by atoms with Crippen LogP contribution < -0.4 is 0 Å². The van der Waals surface area contributed by atoms with Crippen LogP contribution >= 0.6 is 11.6 Å². The zero-order valence-corrected chi connectivity index (χ0v) is 7.51. The lowest BCUT2D eigenvalue weighted by molar-refractivity contribution is 0.0695. The molecule has 64 valence electrons. The van der Waals surface area contributed by atoms with Crippen LogP contribution in [0.1, 0.15) is 21.5 Å². The fourth-order valence-corrected chi connectivity index (χ4v) is 1.19. The Balaban J connectivity index is 3.43. The van der Waals surface area contributed by atoms with Crippen molar-refractivity contribution >= 4 is 17.6 Å². The summed E-state index contributed by atoms with van der Waals surface area (Å²) in [5.74, 6) is -1.03. The van der Waals surface area contributed by atoms with E-state index in [4.69, 9.17) is 16.7 Å². The third-order valence-corrected chi connectivity index (χ3v) is 2.04. The Hall–Kier alpha value is -1.09. The van der Waals surface area contributed by atoms with Gasteiger partial charge in [0.1, 0.15) is 5.15 Å². The third kappa shape index (κ3) is 1.41. The van der Waals surface area contributed by atoms with Gasteiger partial charge in [-0.15, -0.1) is 0 Å². The second kappa shape index (κ2) is 3.11. The standard InChI is InChI=1S/C8H8ClNO2/c1-4-3-10-7(9)6(5(4)2)8(11)12/h3H,1-2H3,(H,11,12). The van der Waals surface area contributed by atoms with Gasteiger partial charge < -0.3 is 5.11 Å². The van der Waals surface area contributed by atoms with E-state index in [1.807, 2.05) is 0 Å². The quantitative estimate of drug-likeness (QED) is 0.682. The van der Waals surface area contributed by atoms with E-state index >= 15 is 0 Å². The second-order valence-corrected chi connectivity index (χ2v) is 2.90. The van der Waals surface area contributed by atoms with Gasteiger partial charge in [0.25, 0.3) is 0 Å². The van der Waals surface area contributed by atoms with Crippen LogP contribution in [0.2, 0.25) is 5.15 Å². The highest BCUT2D eigenvalue weighted by molar-refractivity contribution is 6.32. The van der Waals surface area contributed by atoms with E-state index in [2.05, 4.69) is 4.98 Å². The van der Waals surface area contributed by atoms with Crippen molar-refractivity contribution in [1.82, 2.24) is 4.98 Å². The Morgan fingerprint density at radius 1 is 1.58 bits per heavy atom. The lowest BCUT2D eigenvalue weighted by atomic mass is 10.1. The Kier molecular flexibility index (Phi) is 2.33. The van der Waals surface area contributed by atoms with E-state index in [9.17, 15) is 4.79 Å². The van der Waals surface area contributed by atoms with Crippen molar-refractivity contribution in [3.05, 3.63) is 28.0 Å². The van der Waals surface area contributed by atoms with Crippen LogP contribution in [-0.2, 0) is 0 Å². The summed E-state index contributed by atoms with van der Waals surface area (Å²) >= 11 is 5.60.